The summed E-state index contributed by atoms with van der Waals surface area (Å²) in [5.74, 6) is 0.981. The molecule has 0 spiro atoms. The van der Waals surface area contributed by atoms with Gasteiger partial charge in [0.2, 0.25) is 0 Å². The lowest BCUT2D eigenvalue weighted by Crippen LogP contribution is -2.36. The number of methoxy groups -OCH3 is 1. The third-order valence-corrected chi connectivity index (χ3v) is 5.02. The molecule has 2 N–H and O–H groups in total. The van der Waals surface area contributed by atoms with Crippen LogP contribution in [-0.4, -0.2) is 21.2 Å². The highest BCUT2D eigenvalue weighted by molar-refractivity contribution is 7.84. The van der Waals surface area contributed by atoms with E-state index in [9.17, 15) is 9.32 Å². The van der Waals surface area contributed by atoms with E-state index in [2.05, 4.69) is 4.72 Å². The summed E-state index contributed by atoms with van der Waals surface area (Å²) >= 11 is 0. The van der Waals surface area contributed by atoms with Crippen LogP contribution in [0.1, 0.15) is 37.9 Å². The number of phenolic OH excluding ortho intramolecular Hbond substituents is 1. The first-order valence-corrected chi connectivity index (χ1v) is 8.57. The maximum atomic E-state index is 12.5. The molecule has 0 saturated heterocycles. The molecular weight excluding hydrogens is 310 g/mol. The number of hydrogen-bond donors (Lipinski definition) is 2. The van der Waals surface area contributed by atoms with Crippen molar-refractivity contribution < 1.29 is 14.1 Å². The third-order valence-electron chi connectivity index (χ3n) is 3.46. The van der Waals surface area contributed by atoms with E-state index in [1.807, 2.05) is 57.2 Å². The Morgan fingerprint density at radius 1 is 1.00 bits per heavy atom. The summed E-state index contributed by atoms with van der Waals surface area (Å²) in [5.41, 5.74) is 1.92. The third kappa shape index (κ3) is 4.56. The van der Waals surface area contributed by atoms with E-state index in [1.165, 1.54) is 0 Å². The molecule has 2 aromatic carbocycles. The zero-order valence-electron chi connectivity index (χ0n) is 13.9. The van der Waals surface area contributed by atoms with Gasteiger partial charge in [-0.15, -0.1) is 0 Å². The van der Waals surface area contributed by atoms with Gasteiger partial charge in [0, 0.05) is 0 Å². The molecule has 0 aliphatic carbocycles. The lowest BCUT2D eigenvalue weighted by molar-refractivity contribution is 0.414. The van der Waals surface area contributed by atoms with E-state index >= 15 is 0 Å². The zero-order valence-corrected chi connectivity index (χ0v) is 14.7. The van der Waals surface area contributed by atoms with E-state index in [0.29, 0.717) is 0 Å². The molecule has 5 heteroatoms. The Balaban J connectivity index is 2.37. The normalized spacial score (nSPS) is 14.3. The molecule has 0 heterocycles. The Morgan fingerprint density at radius 2 is 1.48 bits per heavy atom. The Kier molecular flexibility index (Phi) is 5.44. The van der Waals surface area contributed by atoms with E-state index in [-0.39, 0.29) is 16.5 Å². The summed E-state index contributed by atoms with van der Waals surface area (Å²) in [7, 11) is 0.400. The number of rotatable bonds is 5. The molecule has 0 fully saturated rings. The van der Waals surface area contributed by atoms with Gasteiger partial charge in [0.15, 0.2) is 0 Å². The van der Waals surface area contributed by atoms with Crippen LogP contribution in [0.15, 0.2) is 48.5 Å². The summed E-state index contributed by atoms with van der Waals surface area (Å²) in [6.45, 7) is 5.79. The molecule has 1 unspecified atom stereocenters. The monoisotopic (exact) mass is 333 g/mol. The number of ether oxygens (including phenoxy) is 1. The minimum atomic E-state index is -1.22. The number of hydrogen-bond acceptors (Lipinski definition) is 3. The zero-order chi connectivity index (χ0) is 17.0. The minimum absolute atomic E-state index is 0.208. The number of phenols is 1. The highest BCUT2D eigenvalue weighted by Gasteiger charge is 2.24. The van der Waals surface area contributed by atoms with Crippen molar-refractivity contribution in [3.05, 3.63) is 59.7 Å². The second-order valence-corrected chi connectivity index (χ2v) is 8.29. The first kappa shape index (κ1) is 17.5. The first-order chi connectivity index (χ1) is 10.8. The van der Waals surface area contributed by atoms with Crippen LogP contribution >= 0.6 is 0 Å². The topological polar surface area (TPSA) is 58.6 Å². The minimum Gasteiger partial charge on any atom is -0.508 e. The van der Waals surface area contributed by atoms with Crippen molar-refractivity contribution in [2.45, 2.75) is 31.6 Å². The maximum Gasteiger partial charge on any atom is 0.118 e. The molecule has 0 bridgehead atoms. The fourth-order valence-corrected chi connectivity index (χ4v) is 2.92. The van der Waals surface area contributed by atoms with Gasteiger partial charge in [-0.3, -0.25) is 0 Å². The standard InChI is InChI=1S/C18H23NO3S/c1-18(2,3)23(21)19-17(13-5-9-15(20)10-6-13)14-7-11-16(22-4)12-8-14/h5-12,17,19-20H,1-4H3/t17?,23-/m0/s1. The van der Waals surface area contributed by atoms with Gasteiger partial charge < -0.3 is 9.84 Å². The van der Waals surface area contributed by atoms with Crippen LogP contribution in [0.3, 0.4) is 0 Å². The number of aromatic hydroxyl groups is 1. The van der Waals surface area contributed by atoms with Crippen LogP contribution in [0, 0.1) is 0 Å². The Bertz CT molecular complexity index is 660. The summed E-state index contributed by atoms with van der Waals surface area (Å²) in [4.78, 5) is 0. The second-order valence-electron chi connectivity index (χ2n) is 6.30. The number of nitrogens with one attached hydrogen (secondary N) is 1. The fraction of sp³-hybridized carbons (Fsp3) is 0.333. The summed E-state index contributed by atoms with van der Waals surface area (Å²) in [6, 6.07) is 14.3. The summed E-state index contributed by atoms with van der Waals surface area (Å²) in [5, 5.41) is 9.49. The molecule has 0 aromatic heterocycles. The molecule has 23 heavy (non-hydrogen) atoms. The lowest BCUT2D eigenvalue weighted by atomic mass is 9.99. The lowest BCUT2D eigenvalue weighted by Gasteiger charge is -2.25. The van der Waals surface area contributed by atoms with Crippen molar-refractivity contribution in [1.82, 2.24) is 4.72 Å². The molecular formula is C18H23NO3S. The van der Waals surface area contributed by atoms with Crippen LogP contribution in [-0.2, 0) is 11.0 Å². The van der Waals surface area contributed by atoms with Gasteiger partial charge in [-0.05, 0) is 56.2 Å². The van der Waals surface area contributed by atoms with Gasteiger partial charge in [0.25, 0.3) is 0 Å². The molecule has 2 rings (SSSR count). The summed E-state index contributed by atoms with van der Waals surface area (Å²) < 4.78 is 20.6. The van der Waals surface area contributed by atoms with E-state index in [1.54, 1.807) is 19.2 Å². The van der Waals surface area contributed by atoms with E-state index < -0.39 is 11.0 Å². The Hall–Kier alpha value is -1.85. The highest BCUT2D eigenvalue weighted by Crippen LogP contribution is 2.27. The van der Waals surface area contributed by atoms with Crippen LogP contribution < -0.4 is 9.46 Å². The molecule has 0 saturated carbocycles. The fourth-order valence-electron chi connectivity index (χ4n) is 2.08. The van der Waals surface area contributed by atoms with E-state index in [0.717, 1.165) is 16.9 Å². The van der Waals surface area contributed by atoms with E-state index in [4.69, 9.17) is 4.74 Å². The average Bonchev–Trinajstić information content (AvgIpc) is 2.52. The van der Waals surface area contributed by atoms with Gasteiger partial charge in [-0.1, -0.05) is 24.3 Å². The molecule has 2 atom stereocenters. The van der Waals surface area contributed by atoms with Gasteiger partial charge in [0.1, 0.15) is 11.5 Å². The van der Waals surface area contributed by atoms with Crippen molar-refractivity contribution >= 4 is 11.0 Å². The van der Waals surface area contributed by atoms with Gasteiger partial charge >= 0.3 is 0 Å². The van der Waals surface area contributed by atoms with Crippen molar-refractivity contribution in [3.8, 4) is 11.5 Å². The predicted molar refractivity (Wildman–Crippen MR) is 94.0 cm³/mol. The summed E-state index contributed by atoms with van der Waals surface area (Å²) in [6.07, 6.45) is 0. The van der Waals surface area contributed by atoms with Crippen LogP contribution in [0.5, 0.6) is 11.5 Å². The molecule has 0 aliphatic rings. The number of benzene rings is 2. The molecule has 4 nitrogen and oxygen atoms in total. The highest BCUT2D eigenvalue weighted by atomic mass is 32.2. The van der Waals surface area contributed by atoms with Crippen LogP contribution in [0.2, 0.25) is 0 Å². The Morgan fingerprint density at radius 3 is 1.91 bits per heavy atom. The van der Waals surface area contributed by atoms with Gasteiger partial charge in [0.05, 0.1) is 28.9 Å². The maximum absolute atomic E-state index is 12.5. The quantitative estimate of drug-likeness (QED) is 0.880. The molecule has 2 aromatic rings. The predicted octanol–water partition coefficient (Wildman–Crippen LogP) is 3.54. The molecule has 0 aliphatic heterocycles. The smallest absolute Gasteiger partial charge is 0.118 e. The van der Waals surface area contributed by atoms with Gasteiger partial charge in [-0.2, -0.15) is 0 Å². The molecule has 0 radical (unpaired) electrons. The van der Waals surface area contributed by atoms with Crippen molar-refractivity contribution in [3.63, 3.8) is 0 Å². The van der Waals surface area contributed by atoms with Crippen LogP contribution in [0.25, 0.3) is 0 Å². The van der Waals surface area contributed by atoms with Gasteiger partial charge in [-0.25, -0.2) is 8.93 Å². The largest absolute Gasteiger partial charge is 0.508 e. The SMILES string of the molecule is COc1ccc(C(N[S@@](=O)C(C)(C)C)c2ccc(O)cc2)cc1. The molecule has 0 amide bonds. The van der Waals surface area contributed by atoms with Crippen molar-refractivity contribution in [2.75, 3.05) is 7.11 Å². The average molecular weight is 333 g/mol. The van der Waals surface area contributed by atoms with Crippen LogP contribution in [0.4, 0.5) is 0 Å². The first-order valence-electron chi connectivity index (χ1n) is 7.42. The van der Waals surface area contributed by atoms with Crippen molar-refractivity contribution in [1.29, 1.82) is 0 Å². The second kappa shape index (κ2) is 7.15. The van der Waals surface area contributed by atoms with Crippen molar-refractivity contribution in [2.24, 2.45) is 0 Å². The molecule has 124 valence electrons. The Labute approximate surface area is 140 Å².